The average Bonchev–Trinajstić information content (AvgIpc) is 3.07. The third kappa shape index (κ3) is 4.46. The Morgan fingerprint density at radius 3 is 2.42 bits per heavy atom. The molecule has 0 radical (unpaired) electrons. The standard InChI is InChI=1S/C20H32N4O2/c1-16-21-10-13-22(16)14-15-24(17(2)25)19-8-11-23(12-9-19)20(26)18-6-4-3-5-7-18/h10,13,18-19H,3-9,11-12,14-15H2,1-2H3. The van der Waals surface area contributed by atoms with Crippen molar-refractivity contribution in [3.63, 3.8) is 0 Å². The molecule has 0 bridgehead atoms. The zero-order valence-corrected chi connectivity index (χ0v) is 16.2. The van der Waals surface area contributed by atoms with Gasteiger partial charge in [-0.2, -0.15) is 0 Å². The monoisotopic (exact) mass is 360 g/mol. The molecule has 1 saturated carbocycles. The topological polar surface area (TPSA) is 58.4 Å². The molecule has 2 heterocycles. The van der Waals surface area contributed by atoms with Crippen molar-refractivity contribution in [2.75, 3.05) is 19.6 Å². The van der Waals surface area contributed by atoms with E-state index in [1.165, 1.54) is 19.3 Å². The Kier molecular flexibility index (Phi) is 6.33. The number of rotatable bonds is 5. The summed E-state index contributed by atoms with van der Waals surface area (Å²) in [6.07, 6.45) is 11.3. The van der Waals surface area contributed by atoms with Gasteiger partial charge in [0.2, 0.25) is 11.8 Å². The number of amides is 2. The SMILES string of the molecule is CC(=O)N(CCn1ccnc1C)C1CCN(C(=O)C2CCCCC2)CC1. The fraction of sp³-hybridized carbons (Fsp3) is 0.750. The Bertz CT molecular complexity index is 613. The van der Waals surface area contributed by atoms with Crippen LogP contribution in [-0.2, 0) is 16.1 Å². The van der Waals surface area contributed by atoms with E-state index >= 15 is 0 Å². The second kappa shape index (κ2) is 8.69. The highest BCUT2D eigenvalue weighted by Gasteiger charge is 2.31. The van der Waals surface area contributed by atoms with Gasteiger partial charge in [-0.1, -0.05) is 19.3 Å². The summed E-state index contributed by atoms with van der Waals surface area (Å²) in [6.45, 7) is 6.68. The molecule has 0 spiro atoms. The molecule has 3 rings (SSSR count). The van der Waals surface area contributed by atoms with E-state index in [1.54, 1.807) is 13.1 Å². The van der Waals surface area contributed by atoms with E-state index in [4.69, 9.17) is 0 Å². The van der Waals surface area contributed by atoms with Crippen LogP contribution in [0, 0.1) is 12.8 Å². The van der Waals surface area contributed by atoms with Crippen LogP contribution in [0.25, 0.3) is 0 Å². The number of nitrogens with zero attached hydrogens (tertiary/aromatic N) is 4. The molecule has 1 saturated heterocycles. The molecule has 1 aliphatic heterocycles. The van der Waals surface area contributed by atoms with Crippen molar-refractivity contribution < 1.29 is 9.59 Å². The van der Waals surface area contributed by atoms with Gasteiger partial charge in [0, 0.05) is 57.5 Å². The van der Waals surface area contributed by atoms with Gasteiger partial charge in [0.1, 0.15) is 5.82 Å². The number of aryl methyl sites for hydroxylation is 1. The van der Waals surface area contributed by atoms with E-state index in [1.807, 2.05) is 22.9 Å². The van der Waals surface area contributed by atoms with Crippen molar-refractivity contribution in [1.82, 2.24) is 19.4 Å². The molecule has 1 aliphatic carbocycles. The van der Waals surface area contributed by atoms with Gasteiger partial charge in [0.25, 0.3) is 0 Å². The summed E-state index contributed by atoms with van der Waals surface area (Å²) in [6, 6.07) is 0.242. The Hall–Kier alpha value is -1.85. The molecule has 0 atom stereocenters. The summed E-state index contributed by atoms with van der Waals surface area (Å²) >= 11 is 0. The third-order valence-corrected chi connectivity index (χ3v) is 6.08. The molecule has 2 aliphatic rings. The summed E-state index contributed by atoms with van der Waals surface area (Å²) in [5.41, 5.74) is 0. The van der Waals surface area contributed by atoms with Gasteiger partial charge in [0.05, 0.1) is 0 Å². The highest BCUT2D eigenvalue weighted by atomic mass is 16.2. The van der Waals surface area contributed by atoms with Crippen molar-refractivity contribution >= 4 is 11.8 Å². The largest absolute Gasteiger partial charge is 0.342 e. The molecule has 6 heteroatoms. The van der Waals surface area contributed by atoms with Gasteiger partial charge in [-0.05, 0) is 32.6 Å². The number of hydrogen-bond donors (Lipinski definition) is 0. The summed E-state index contributed by atoms with van der Waals surface area (Å²) in [5.74, 6) is 1.70. The first-order valence-electron chi connectivity index (χ1n) is 10.1. The number of likely N-dealkylation sites (tertiary alicyclic amines) is 1. The van der Waals surface area contributed by atoms with E-state index in [2.05, 4.69) is 9.55 Å². The van der Waals surface area contributed by atoms with E-state index in [9.17, 15) is 9.59 Å². The Morgan fingerprint density at radius 1 is 1.15 bits per heavy atom. The van der Waals surface area contributed by atoms with Crippen LogP contribution in [0.5, 0.6) is 0 Å². The number of carbonyl (C=O) groups is 2. The Morgan fingerprint density at radius 2 is 1.85 bits per heavy atom. The van der Waals surface area contributed by atoms with Crippen LogP contribution in [0.1, 0.15) is 57.7 Å². The molecule has 0 N–H and O–H groups in total. The van der Waals surface area contributed by atoms with Crippen LogP contribution in [-0.4, -0.2) is 56.8 Å². The van der Waals surface area contributed by atoms with Gasteiger partial charge in [0.15, 0.2) is 0 Å². The summed E-state index contributed by atoms with van der Waals surface area (Å²) in [4.78, 5) is 33.2. The van der Waals surface area contributed by atoms with Crippen LogP contribution in [0.15, 0.2) is 12.4 Å². The zero-order valence-electron chi connectivity index (χ0n) is 16.2. The first-order chi connectivity index (χ1) is 12.6. The van der Waals surface area contributed by atoms with Crippen LogP contribution in [0.3, 0.4) is 0 Å². The maximum absolute atomic E-state index is 12.7. The lowest BCUT2D eigenvalue weighted by atomic mass is 9.87. The Labute approximate surface area is 156 Å². The molecular weight excluding hydrogens is 328 g/mol. The number of hydrogen-bond acceptors (Lipinski definition) is 3. The molecule has 26 heavy (non-hydrogen) atoms. The fourth-order valence-corrected chi connectivity index (χ4v) is 4.46. The second-order valence-corrected chi connectivity index (χ2v) is 7.77. The number of imidazole rings is 1. The summed E-state index contributed by atoms with van der Waals surface area (Å²) < 4.78 is 2.08. The minimum absolute atomic E-state index is 0.125. The van der Waals surface area contributed by atoms with Crippen LogP contribution in [0.2, 0.25) is 0 Å². The van der Waals surface area contributed by atoms with E-state index in [0.29, 0.717) is 12.5 Å². The molecule has 2 amide bonds. The normalized spacial score (nSPS) is 19.5. The van der Waals surface area contributed by atoms with Crippen LogP contribution in [0.4, 0.5) is 0 Å². The van der Waals surface area contributed by atoms with Crippen molar-refractivity contribution in [2.24, 2.45) is 5.92 Å². The van der Waals surface area contributed by atoms with Gasteiger partial charge in [-0.25, -0.2) is 4.98 Å². The first kappa shape index (κ1) is 18.9. The molecule has 1 aromatic heterocycles. The van der Waals surface area contributed by atoms with Crippen molar-refractivity contribution in [1.29, 1.82) is 0 Å². The molecule has 144 valence electrons. The van der Waals surface area contributed by atoms with Gasteiger partial charge >= 0.3 is 0 Å². The lowest BCUT2D eigenvalue weighted by molar-refractivity contribution is -0.139. The minimum atomic E-state index is 0.125. The summed E-state index contributed by atoms with van der Waals surface area (Å²) in [7, 11) is 0. The predicted octanol–water partition coefficient (Wildman–Crippen LogP) is 2.61. The highest BCUT2D eigenvalue weighted by Crippen LogP contribution is 2.27. The lowest BCUT2D eigenvalue weighted by Crippen LogP contribution is -2.50. The van der Waals surface area contributed by atoms with Crippen molar-refractivity contribution in [3.05, 3.63) is 18.2 Å². The van der Waals surface area contributed by atoms with Crippen LogP contribution >= 0.6 is 0 Å². The molecular formula is C20H32N4O2. The molecule has 0 unspecified atom stereocenters. The predicted molar refractivity (Wildman–Crippen MR) is 101 cm³/mol. The van der Waals surface area contributed by atoms with E-state index < -0.39 is 0 Å². The van der Waals surface area contributed by atoms with Gasteiger partial charge < -0.3 is 14.4 Å². The smallest absolute Gasteiger partial charge is 0.225 e. The van der Waals surface area contributed by atoms with E-state index in [0.717, 1.165) is 51.1 Å². The van der Waals surface area contributed by atoms with Gasteiger partial charge in [-0.15, -0.1) is 0 Å². The van der Waals surface area contributed by atoms with Gasteiger partial charge in [-0.3, -0.25) is 9.59 Å². The van der Waals surface area contributed by atoms with E-state index in [-0.39, 0.29) is 17.9 Å². The second-order valence-electron chi connectivity index (χ2n) is 7.77. The van der Waals surface area contributed by atoms with Crippen molar-refractivity contribution in [3.8, 4) is 0 Å². The summed E-state index contributed by atoms with van der Waals surface area (Å²) in [5, 5.41) is 0. The quantitative estimate of drug-likeness (QED) is 0.811. The zero-order chi connectivity index (χ0) is 18.5. The molecule has 6 nitrogen and oxygen atoms in total. The Balaban J connectivity index is 1.51. The average molecular weight is 361 g/mol. The number of carbonyl (C=O) groups excluding carboxylic acids is 2. The molecule has 1 aromatic rings. The van der Waals surface area contributed by atoms with Crippen LogP contribution < -0.4 is 0 Å². The maximum atomic E-state index is 12.7. The highest BCUT2D eigenvalue weighted by molar-refractivity contribution is 5.79. The third-order valence-electron chi connectivity index (χ3n) is 6.08. The fourth-order valence-electron chi connectivity index (χ4n) is 4.46. The lowest BCUT2D eigenvalue weighted by Gasteiger charge is -2.39. The number of aromatic nitrogens is 2. The molecule has 2 fully saturated rings. The first-order valence-corrected chi connectivity index (χ1v) is 10.1. The number of piperidine rings is 1. The molecule has 0 aromatic carbocycles. The van der Waals surface area contributed by atoms with Crippen molar-refractivity contribution in [2.45, 2.75) is 71.4 Å². The minimum Gasteiger partial charge on any atom is -0.342 e. The maximum Gasteiger partial charge on any atom is 0.225 e.